The molecular weight excluding hydrogens is 456 g/mol. The number of esters is 1. The molecule has 0 fully saturated rings. The molecule has 0 aliphatic heterocycles. The van der Waals surface area contributed by atoms with Gasteiger partial charge in [0.2, 0.25) is 11.7 Å². The molecule has 0 radical (unpaired) electrons. The van der Waals surface area contributed by atoms with Crippen molar-refractivity contribution in [3.05, 3.63) is 46.8 Å². The van der Waals surface area contributed by atoms with E-state index in [2.05, 4.69) is 10.1 Å². The number of carbonyl (C=O) groups is 2. The summed E-state index contributed by atoms with van der Waals surface area (Å²) in [5.74, 6) is -0.465. The average molecular weight is 489 g/mol. The van der Waals surface area contributed by atoms with Crippen LogP contribution in [0, 0.1) is 6.92 Å². The number of aliphatic imine (C=N–C) groups is 1. The number of allylic oxidation sites excluding steroid dienone is 1. The Bertz CT molecular complexity index is 1090. The van der Waals surface area contributed by atoms with Crippen LogP contribution in [0.3, 0.4) is 0 Å². The number of nitrogens with two attached hydrogens (primary N) is 1. The van der Waals surface area contributed by atoms with Gasteiger partial charge in [-0.2, -0.15) is 5.10 Å². The van der Waals surface area contributed by atoms with E-state index in [1.54, 1.807) is 20.1 Å². The summed E-state index contributed by atoms with van der Waals surface area (Å²) in [6.45, 7) is 9.01. The zero-order valence-electron chi connectivity index (χ0n) is 20.5. The predicted octanol–water partition coefficient (Wildman–Crippen LogP) is 3.42. The van der Waals surface area contributed by atoms with E-state index in [1.807, 2.05) is 33.1 Å². The quantitative estimate of drug-likeness (QED) is 0.121. The third kappa shape index (κ3) is 6.48. The van der Waals surface area contributed by atoms with Crippen LogP contribution in [-0.4, -0.2) is 60.4 Å². The van der Waals surface area contributed by atoms with Gasteiger partial charge in [0, 0.05) is 41.9 Å². The fraction of sp³-hybridized carbons (Fsp3) is 0.417. The number of nitrogens with zero attached hydrogens (tertiary/aromatic N) is 3. The number of carbonyl (C=O) groups excluding carboxylic acids is 2. The molecule has 0 saturated heterocycles. The average Bonchev–Trinajstić information content (AvgIpc) is 3.22. The Morgan fingerprint density at radius 2 is 1.97 bits per heavy atom. The summed E-state index contributed by atoms with van der Waals surface area (Å²) in [5, 5.41) is 4.21. The number of aryl methyl sites for hydroxylation is 1. The van der Waals surface area contributed by atoms with E-state index in [0.717, 1.165) is 4.90 Å². The number of hydrogen-bond acceptors (Lipinski definition) is 9. The second-order valence-corrected chi connectivity index (χ2v) is 8.07. The van der Waals surface area contributed by atoms with Crippen LogP contribution in [0.4, 0.5) is 0 Å². The SMILES string of the molecule is CCN=C(C)C=C(N)C(=O)Oc1c(C(=O)c2ccc(SC)c(OCCOC)c2C)cnn1CC. The van der Waals surface area contributed by atoms with Gasteiger partial charge < -0.3 is 19.9 Å². The van der Waals surface area contributed by atoms with Crippen molar-refractivity contribution < 1.29 is 23.8 Å². The zero-order valence-corrected chi connectivity index (χ0v) is 21.3. The van der Waals surface area contributed by atoms with Crippen LogP contribution in [0.1, 0.15) is 42.3 Å². The van der Waals surface area contributed by atoms with Crippen LogP contribution in [0.25, 0.3) is 0 Å². The Hall–Kier alpha value is -3.11. The highest BCUT2D eigenvalue weighted by Crippen LogP contribution is 2.35. The molecule has 1 heterocycles. The minimum atomic E-state index is -0.784. The highest BCUT2D eigenvalue weighted by Gasteiger charge is 2.26. The summed E-state index contributed by atoms with van der Waals surface area (Å²) in [6, 6.07) is 3.57. The first-order valence-electron chi connectivity index (χ1n) is 10.9. The molecule has 2 rings (SSSR count). The number of thioether (sulfide) groups is 1. The summed E-state index contributed by atoms with van der Waals surface area (Å²) in [6.07, 6.45) is 4.77. The largest absolute Gasteiger partial charge is 0.490 e. The number of ether oxygens (including phenoxy) is 3. The van der Waals surface area contributed by atoms with Crippen molar-refractivity contribution in [2.75, 3.05) is 33.1 Å². The number of hydrogen-bond donors (Lipinski definition) is 1. The minimum Gasteiger partial charge on any atom is -0.490 e. The second-order valence-electron chi connectivity index (χ2n) is 7.22. The van der Waals surface area contributed by atoms with Crippen molar-refractivity contribution in [1.82, 2.24) is 9.78 Å². The van der Waals surface area contributed by atoms with Crippen LogP contribution in [0.2, 0.25) is 0 Å². The maximum Gasteiger partial charge on any atom is 0.360 e. The lowest BCUT2D eigenvalue weighted by atomic mass is 10.00. The highest BCUT2D eigenvalue weighted by molar-refractivity contribution is 7.98. The van der Waals surface area contributed by atoms with Crippen LogP contribution in [0.5, 0.6) is 11.6 Å². The van der Waals surface area contributed by atoms with Gasteiger partial charge in [0.05, 0.1) is 12.8 Å². The van der Waals surface area contributed by atoms with Crippen LogP contribution < -0.4 is 15.2 Å². The molecule has 2 aromatic rings. The number of rotatable bonds is 12. The Labute approximate surface area is 204 Å². The normalized spacial score (nSPS) is 12.1. The fourth-order valence-electron chi connectivity index (χ4n) is 3.21. The first-order valence-corrected chi connectivity index (χ1v) is 12.1. The van der Waals surface area contributed by atoms with Crippen molar-refractivity contribution in [3.8, 4) is 11.6 Å². The number of methoxy groups -OCH3 is 1. The zero-order chi connectivity index (χ0) is 25.3. The van der Waals surface area contributed by atoms with Gasteiger partial charge in [0.1, 0.15) is 23.6 Å². The molecule has 34 heavy (non-hydrogen) atoms. The summed E-state index contributed by atoms with van der Waals surface area (Å²) in [5.41, 5.74) is 7.63. The Balaban J connectivity index is 2.43. The summed E-state index contributed by atoms with van der Waals surface area (Å²) < 4.78 is 17.9. The molecule has 0 saturated carbocycles. The van der Waals surface area contributed by atoms with E-state index >= 15 is 0 Å². The van der Waals surface area contributed by atoms with Gasteiger partial charge in [-0.25, -0.2) is 9.48 Å². The monoisotopic (exact) mass is 488 g/mol. The van der Waals surface area contributed by atoms with Gasteiger partial charge >= 0.3 is 5.97 Å². The molecular formula is C24H32N4O5S. The van der Waals surface area contributed by atoms with Crippen molar-refractivity contribution >= 4 is 29.2 Å². The highest BCUT2D eigenvalue weighted by atomic mass is 32.2. The Morgan fingerprint density at radius 1 is 1.24 bits per heavy atom. The van der Waals surface area contributed by atoms with Gasteiger partial charge in [-0.15, -0.1) is 11.8 Å². The predicted molar refractivity (Wildman–Crippen MR) is 133 cm³/mol. The molecule has 0 aliphatic rings. The summed E-state index contributed by atoms with van der Waals surface area (Å²) >= 11 is 1.52. The summed E-state index contributed by atoms with van der Waals surface area (Å²) in [7, 11) is 1.60. The number of aromatic nitrogens is 2. The number of benzene rings is 1. The molecule has 2 N–H and O–H groups in total. The molecule has 1 aromatic heterocycles. The molecule has 0 unspecified atom stereocenters. The van der Waals surface area contributed by atoms with Crippen LogP contribution >= 0.6 is 11.8 Å². The van der Waals surface area contributed by atoms with E-state index in [1.165, 1.54) is 28.7 Å². The van der Waals surface area contributed by atoms with Gasteiger partial charge in [-0.3, -0.25) is 9.79 Å². The molecule has 0 spiro atoms. The minimum absolute atomic E-state index is 0.0362. The first kappa shape index (κ1) is 27.1. The molecule has 9 nitrogen and oxygen atoms in total. The smallest absolute Gasteiger partial charge is 0.360 e. The van der Waals surface area contributed by atoms with E-state index in [0.29, 0.717) is 48.9 Å². The molecule has 0 amide bonds. The standard InChI is InChI=1S/C24H32N4O5S/c1-7-26-15(3)13-19(25)24(30)33-23-18(14-27-28(23)8-2)21(29)17-9-10-20(34-6)22(16(17)4)32-12-11-31-5/h9-10,13-14H,7-8,11-12,25H2,1-6H3. The van der Waals surface area contributed by atoms with Gasteiger partial charge in [0.25, 0.3) is 0 Å². The maximum atomic E-state index is 13.5. The van der Waals surface area contributed by atoms with Crippen LogP contribution in [-0.2, 0) is 16.1 Å². The third-order valence-corrected chi connectivity index (χ3v) is 5.66. The molecule has 184 valence electrons. The molecule has 0 bridgehead atoms. The van der Waals surface area contributed by atoms with Gasteiger partial charge in [0.15, 0.2) is 0 Å². The Kier molecular flexibility index (Phi) is 10.3. The summed E-state index contributed by atoms with van der Waals surface area (Å²) in [4.78, 5) is 31.2. The molecule has 10 heteroatoms. The van der Waals surface area contributed by atoms with Crippen molar-refractivity contribution in [2.24, 2.45) is 10.7 Å². The van der Waals surface area contributed by atoms with Crippen LogP contribution in [0.15, 0.2) is 40.0 Å². The lowest BCUT2D eigenvalue weighted by molar-refractivity contribution is -0.130. The Morgan fingerprint density at radius 3 is 2.59 bits per heavy atom. The molecule has 0 atom stereocenters. The fourth-order valence-corrected chi connectivity index (χ4v) is 3.82. The van der Waals surface area contributed by atoms with Crippen molar-refractivity contribution in [2.45, 2.75) is 39.1 Å². The van der Waals surface area contributed by atoms with E-state index in [4.69, 9.17) is 19.9 Å². The van der Waals surface area contributed by atoms with E-state index < -0.39 is 5.97 Å². The molecule has 0 aliphatic carbocycles. The molecule has 1 aromatic carbocycles. The van der Waals surface area contributed by atoms with Gasteiger partial charge in [-0.05, 0) is 52.2 Å². The van der Waals surface area contributed by atoms with E-state index in [-0.39, 0.29) is 22.9 Å². The van der Waals surface area contributed by atoms with Crippen molar-refractivity contribution in [1.29, 1.82) is 0 Å². The van der Waals surface area contributed by atoms with Gasteiger partial charge in [-0.1, -0.05) is 0 Å². The van der Waals surface area contributed by atoms with Crippen molar-refractivity contribution in [3.63, 3.8) is 0 Å². The van der Waals surface area contributed by atoms with E-state index in [9.17, 15) is 9.59 Å². The first-order chi connectivity index (χ1) is 16.3. The third-order valence-electron chi connectivity index (χ3n) is 4.90. The maximum absolute atomic E-state index is 13.5. The topological polar surface area (TPSA) is 118 Å². The number of ketones is 1. The lowest BCUT2D eigenvalue weighted by Gasteiger charge is -2.16. The lowest BCUT2D eigenvalue weighted by Crippen LogP contribution is -2.21. The second kappa shape index (κ2) is 13.0.